The molecule has 0 aliphatic carbocycles. The van der Waals surface area contributed by atoms with Crippen molar-refractivity contribution in [2.75, 3.05) is 12.4 Å². The lowest BCUT2D eigenvalue weighted by Crippen LogP contribution is -2.19. The van der Waals surface area contributed by atoms with Gasteiger partial charge in [-0.1, -0.05) is 11.8 Å². The van der Waals surface area contributed by atoms with Gasteiger partial charge in [-0.05, 0) is 35.9 Å². The first-order chi connectivity index (χ1) is 11.3. The van der Waals surface area contributed by atoms with Crippen LogP contribution in [0.4, 0.5) is 0 Å². The second kappa shape index (κ2) is 9.17. The fourth-order valence-electron chi connectivity index (χ4n) is 1.47. The van der Waals surface area contributed by atoms with Crippen molar-refractivity contribution in [2.45, 2.75) is 5.16 Å². The van der Waals surface area contributed by atoms with Crippen molar-refractivity contribution in [2.24, 2.45) is 5.10 Å². The topological polar surface area (TPSA) is 100 Å². The van der Waals surface area contributed by atoms with Crippen molar-refractivity contribution in [1.82, 2.24) is 15.4 Å². The number of ether oxygens (including phenoxy) is 1. The third kappa shape index (κ3) is 6.15. The van der Waals surface area contributed by atoms with Gasteiger partial charge in [-0.25, -0.2) is 15.4 Å². The Balaban J connectivity index is 1.75. The Hall–Kier alpha value is -2.92. The molecule has 1 heterocycles. The van der Waals surface area contributed by atoms with Gasteiger partial charge in [0, 0.05) is 12.4 Å². The summed E-state index contributed by atoms with van der Waals surface area (Å²) in [6, 6.07) is 10.6. The maximum atomic E-state index is 11.6. The van der Waals surface area contributed by atoms with Crippen molar-refractivity contribution >= 4 is 23.9 Å². The molecule has 0 radical (unpaired) electrons. The van der Waals surface area contributed by atoms with E-state index in [9.17, 15) is 4.79 Å². The fourth-order valence-corrected chi connectivity index (χ4v) is 2.06. The molecule has 0 atom stereocenters. The number of nitrogens with zero attached hydrogens (tertiary/aromatic N) is 4. The van der Waals surface area contributed by atoms with Crippen molar-refractivity contribution in [3.05, 3.63) is 48.3 Å². The standard InChI is InChI=1S/C15H13N5O2S/c16-6-9-22-13-4-2-12(3-5-13)10-19-20-14(21)11-23-15-17-7-1-8-18-15/h1-5,7-8,10H,9,11H2,(H,20,21). The van der Waals surface area contributed by atoms with Crippen LogP contribution < -0.4 is 10.2 Å². The number of aromatic nitrogens is 2. The Labute approximate surface area is 137 Å². The summed E-state index contributed by atoms with van der Waals surface area (Å²) < 4.78 is 5.14. The van der Waals surface area contributed by atoms with Crippen LogP contribution in [0, 0.1) is 11.3 Å². The minimum absolute atomic E-state index is 0.00624. The molecule has 0 unspecified atom stereocenters. The molecule has 23 heavy (non-hydrogen) atoms. The zero-order valence-electron chi connectivity index (χ0n) is 12.0. The molecular weight excluding hydrogens is 314 g/mol. The number of hydrogen-bond donors (Lipinski definition) is 1. The highest BCUT2D eigenvalue weighted by Gasteiger charge is 2.02. The molecular formula is C15H13N5O2S. The highest BCUT2D eigenvalue weighted by molar-refractivity contribution is 7.99. The van der Waals surface area contributed by atoms with Crippen molar-refractivity contribution in [1.29, 1.82) is 5.26 Å². The van der Waals surface area contributed by atoms with Crippen LogP contribution in [0.25, 0.3) is 0 Å². The number of hydrogen-bond acceptors (Lipinski definition) is 7. The molecule has 8 heteroatoms. The van der Waals surface area contributed by atoms with Gasteiger partial charge >= 0.3 is 0 Å². The molecule has 2 aromatic rings. The van der Waals surface area contributed by atoms with E-state index in [0.717, 1.165) is 5.56 Å². The quantitative estimate of drug-likeness (QED) is 0.359. The van der Waals surface area contributed by atoms with E-state index in [1.54, 1.807) is 42.7 Å². The van der Waals surface area contributed by atoms with E-state index in [4.69, 9.17) is 10.00 Å². The Morgan fingerprint density at radius 1 is 1.35 bits per heavy atom. The van der Waals surface area contributed by atoms with Crippen LogP contribution in [0.1, 0.15) is 5.56 Å². The van der Waals surface area contributed by atoms with Crippen LogP contribution in [-0.2, 0) is 4.79 Å². The van der Waals surface area contributed by atoms with Gasteiger partial charge in [0.1, 0.15) is 11.8 Å². The normalized spacial score (nSPS) is 10.2. The average molecular weight is 327 g/mol. The van der Waals surface area contributed by atoms with E-state index < -0.39 is 0 Å². The number of rotatable bonds is 7. The van der Waals surface area contributed by atoms with Crippen LogP contribution in [0.2, 0.25) is 0 Å². The van der Waals surface area contributed by atoms with Crippen molar-refractivity contribution in [3.8, 4) is 11.8 Å². The van der Waals surface area contributed by atoms with Crippen molar-refractivity contribution in [3.63, 3.8) is 0 Å². The van der Waals surface area contributed by atoms with Crippen LogP contribution in [0.5, 0.6) is 5.75 Å². The summed E-state index contributed by atoms with van der Waals surface area (Å²) >= 11 is 1.23. The largest absolute Gasteiger partial charge is 0.479 e. The molecule has 1 N–H and O–H groups in total. The third-order valence-corrected chi connectivity index (χ3v) is 3.34. The number of carbonyl (C=O) groups is 1. The van der Waals surface area contributed by atoms with Gasteiger partial charge in [-0.3, -0.25) is 4.79 Å². The lowest BCUT2D eigenvalue weighted by molar-refractivity contribution is -0.118. The van der Waals surface area contributed by atoms with Gasteiger partial charge in [0.2, 0.25) is 0 Å². The van der Waals surface area contributed by atoms with Gasteiger partial charge in [0.15, 0.2) is 11.8 Å². The van der Waals surface area contributed by atoms with Crippen LogP contribution in [-0.4, -0.2) is 34.4 Å². The van der Waals surface area contributed by atoms with Gasteiger partial charge < -0.3 is 4.74 Å². The molecule has 0 saturated heterocycles. The second-order valence-electron chi connectivity index (χ2n) is 4.13. The highest BCUT2D eigenvalue weighted by atomic mass is 32.2. The summed E-state index contributed by atoms with van der Waals surface area (Å²) in [7, 11) is 0. The summed E-state index contributed by atoms with van der Waals surface area (Å²) in [5.74, 6) is 0.544. The Morgan fingerprint density at radius 2 is 2.09 bits per heavy atom. The molecule has 1 aromatic carbocycles. The Morgan fingerprint density at radius 3 is 2.78 bits per heavy atom. The maximum absolute atomic E-state index is 11.6. The lowest BCUT2D eigenvalue weighted by Gasteiger charge is -2.01. The second-order valence-corrected chi connectivity index (χ2v) is 5.07. The van der Waals surface area contributed by atoms with E-state index in [-0.39, 0.29) is 18.3 Å². The van der Waals surface area contributed by atoms with E-state index >= 15 is 0 Å². The SMILES string of the molecule is N#CCOc1ccc(C=NNC(=O)CSc2ncccn2)cc1. The predicted molar refractivity (Wildman–Crippen MR) is 86.0 cm³/mol. The molecule has 0 aliphatic heterocycles. The number of amides is 1. The Bertz CT molecular complexity index is 698. The number of hydrazone groups is 1. The summed E-state index contributed by atoms with van der Waals surface area (Å²) in [6.07, 6.45) is 4.76. The monoisotopic (exact) mass is 327 g/mol. The first kappa shape index (κ1) is 16.5. The average Bonchev–Trinajstić information content (AvgIpc) is 2.60. The van der Waals surface area contributed by atoms with Gasteiger partial charge in [0.05, 0.1) is 12.0 Å². The molecule has 0 spiro atoms. The highest BCUT2D eigenvalue weighted by Crippen LogP contribution is 2.11. The summed E-state index contributed by atoms with van der Waals surface area (Å²) in [6.45, 7) is 0.00624. The number of benzene rings is 1. The summed E-state index contributed by atoms with van der Waals surface area (Å²) in [5.41, 5.74) is 3.23. The first-order valence-electron chi connectivity index (χ1n) is 6.59. The molecule has 1 amide bonds. The number of nitriles is 1. The van der Waals surface area contributed by atoms with Gasteiger partial charge in [-0.15, -0.1) is 0 Å². The van der Waals surface area contributed by atoms with E-state index in [2.05, 4.69) is 20.5 Å². The summed E-state index contributed by atoms with van der Waals surface area (Å²) in [5, 5.41) is 12.8. The third-order valence-electron chi connectivity index (χ3n) is 2.46. The predicted octanol–water partition coefficient (Wildman–Crippen LogP) is 1.62. The first-order valence-corrected chi connectivity index (χ1v) is 7.58. The van der Waals surface area contributed by atoms with E-state index in [1.807, 2.05) is 6.07 Å². The molecule has 0 saturated carbocycles. The molecule has 1 aromatic heterocycles. The number of thioether (sulfide) groups is 1. The minimum atomic E-state index is -0.243. The van der Waals surface area contributed by atoms with Crippen molar-refractivity contribution < 1.29 is 9.53 Å². The van der Waals surface area contributed by atoms with E-state index in [1.165, 1.54) is 18.0 Å². The molecule has 0 bridgehead atoms. The van der Waals surface area contributed by atoms with E-state index in [0.29, 0.717) is 10.9 Å². The Kier molecular flexibility index (Phi) is 6.56. The fraction of sp³-hybridized carbons (Fsp3) is 0.133. The zero-order valence-corrected chi connectivity index (χ0v) is 12.9. The van der Waals surface area contributed by atoms with Crippen LogP contribution in [0.3, 0.4) is 0 Å². The van der Waals surface area contributed by atoms with Crippen LogP contribution >= 0.6 is 11.8 Å². The van der Waals surface area contributed by atoms with Crippen LogP contribution in [0.15, 0.2) is 53.0 Å². The maximum Gasteiger partial charge on any atom is 0.250 e. The molecule has 2 rings (SSSR count). The lowest BCUT2D eigenvalue weighted by atomic mass is 10.2. The van der Waals surface area contributed by atoms with Gasteiger partial charge in [0.25, 0.3) is 5.91 Å². The zero-order chi connectivity index (χ0) is 16.3. The minimum Gasteiger partial charge on any atom is -0.479 e. The smallest absolute Gasteiger partial charge is 0.250 e. The number of carbonyl (C=O) groups excluding carboxylic acids is 1. The molecule has 0 fully saturated rings. The molecule has 7 nitrogen and oxygen atoms in total. The number of nitrogens with one attached hydrogen (secondary N) is 1. The van der Waals surface area contributed by atoms with Gasteiger partial charge in [-0.2, -0.15) is 10.4 Å². The summed E-state index contributed by atoms with van der Waals surface area (Å²) in [4.78, 5) is 19.6. The molecule has 116 valence electrons. The molecule has 0 aliphatic rings.